The Labute approximate surface area is 86.7 Å². The molecule has 0 unspecified atom stereocenters. The van der Waals surface area contributed by atoms with E-state index in [1.807, 2.05) is 26.2 Å². The van der Waals surface area contributed by atoms with Crippen LogP contribution in [0.3, 0.4) is 0 Å². The van der Waals surface area contributed by atoms with Gasteiger partial charge in [0.05, 0.1) is 10.7 Å². The largest absolute Gasteiger partial charge is 0.496 e. The van der Waals surface area contributed by atoms with E-state index in [9.17, 15) is 0 Å². The van der Waals surface area contributed by atoms with E-state index in [0.29, 0.717) is 0 Å². The maximum absolute atomic E-state index is 5.15. The van der Waals surface area contributed by atoms with Crippen LogP contribution in [0.15, 0.2) is 18.2 Å². The zero-order valence-corrected chi connectivity index (χ0v) is 9.62. The van der Waals surface area contributed by atoms with Gasteiger partial charge in [-0.1, -0.05) is 0 Å². The smallest absolute Gasteiger partial charge is 0.132 e. The highest BCUT2D eigenvalue weighted by molar-refractivity contribution is 14.1. The monoisotopic (exact) mass is 277 g/mol. The maximum Gasteiger partial charge on any atom is 0.132 e. The van der Waals surface area contributed by atoms with Crippen molar-refractivity contribution in [2.45, 2.75) is 0 Å². The minimum atomic E-state index is 0.932. The van der Waals surface area contributed by atoms with Gasteiger partial charge in [-0.15, -0.1) is 0 Å². The summed E-state index contributed by atoms with van der Waals surface area (Å²) in [6.07, 6.45) is 0. The molecule has 0 amide bonds. The fourth-order valence-electron chi connectivity index (χ4n) is 0.933. The predicted molar refractivity (Wildman–Crippen MR) is 60.0 cm³/mol. The minimum Gasteiger partial charge on any atom is -0.496 e. The van der Waals surface area contributed by atoms with Gasteiger partial charge in [0, 0.05) is 19.8 Å². The van der Waals surface area contributed by atoms with E-state index >= 15 is 0 Å². The van der Waals surface area contributed by atoms with Gasteiger partial charge in [0.2, 0.25) is 0 Å². The number of methoxy groups -OCH3 is 1. The number of rotatable bonds is 2. The SMILES string of the molecule is COc1ccc(N(C)C)cc1I. The third-order valence-corrected chi connectivity index (χ3v) is 2.49. The van der Waals surface area contributed by atoms with E-state index in [1.54, 1.807) is 7.11 Å². The van der Waals surface area contributed by atoms with Gasteiger partial charge in [0.25, 0.3) is 0 Å². The molecule has 0 aliphatic carbocycles. The Morgan fingerprint density at radius 3 is 2.42 bits per heavy atom. The highest BCUT2D eigenvalue weighted by atomic mass is 127. The summed E-state index contributed by atoms with van der Waals surface area (Å²) < 4.78 is 6.29. The van der Waals surface area contributed by atoms with E-state index in [2.05, 4.69) is 33.6 Å². The molecule has 0 heterocycles. The first-order valence-corrected chi connectivity index (χ1v) is 4.74. The first-order valence-electron chi connectivity index (χ1n) is 3.66. The highest BCUT2D eigenvalue weighted by Crippen LogP contribution is 2.24. The van der Waals surface area contributed by atoms with Crippen molar-refractivity contribution in [3.63, 3.8) is 0 Å². The Kier molecular flexibility index (Phi) is 3.20. The highest BCUT2D eigenvalue weighted by Gasteiger charge is 2.01. The predicted octanol–water partition coefficient (Wildman–Crippen LogP) is 2.37. The van der Waals surface area contributed by atoms with Gasteiger partial charge in [-0.25, -0.2) is 0 Å². The van der Waals surface area contributed by atoms with Gasteiger partial charge >= 0.3 is 0 Å². The van der Waals surface area contributed by atoms with Gasteiger partial charge in [0.1, 0.15) is 5.75 Å². The van der Waals surface area contributed by atoms with Crippen molar-refractivity contribution in [2.75, 3.05) is 26.1 Å². The Morgan fingerprint density at radius 1 is 1.33 bits per heavy atom. The molecule has 0 saturated carbocycles. The third kappa shape index (κ3) is 2.03. The summed E-state index contributed by atoms with van der Waals surface area (Å²) in [5, 5.41) is 0. The van der Waals surface area contributed by atoms with Gasteiger partial charge in [-0.2, -0.15) is 0 Å². The summed E-state index contributed by atoms with van der Waals surface area (Å²) in [6, 6.07) is 6.12. The second-order valence-corrected chi connectivity index (χ2v) is 3.88. The summed E-state index contributed by atoms with van der Waals surface area (Å²) in [7, 11) is 5.74. The molecule has 0 spiro atoms. The Balaban J connectivity index is 3.02. The molecule has 1 aromatic rings. The lowest BCUT2D eigenvalue weighted by Gasteiger charge is -2.13. The van der Waals surface area contributed by atoms with Gasteiger partial charge < -0.3 is 9.64 Å². The van der Waals surface area contributed by atoms with Crippen molar-refractivity contribution in [2.24, 2.45) is 0 Å². The Hall–Kier alpha value is -0.450. The van der Waals surface area contributed by atoms with Crippen LogP contribution < -0.4 is 9.64 Å². The molecule has 0 N–H and O–H groups in total. The van der Waals surface area contributed by atoms with Crippen LogP contribution in [-0.2, 0) is 0 Å². The van der Waals surface area contributed by atoms with Crippen molar-refractivity contribution < 1.29 is 4.74 Å². The van der Waals surface area contributed by atoms with E-state index in [4.69, 9.17) is 4.74 Å². The summed E-state index contributed by atoms with van der Waals surface area (Å²) in [4.78, 5) is 2.07. The molecule has 0 saturated heterocycles. The molecule has 66 valence electrons. The normalized spacial score (nSPS) is 9.67. The van der Waals surface area contributed by atoms with Crippen LogP contribution in [0.1, 0.15) is 0 Å². The lowest BCUT2D eigenvalue weighted by atomic mass is 10.3. The quantitative estimate of drug-likeness (QED) is 0.769. The van der Waals surface area contributed by atoms with Crippen LogP contribution in [0, 0.1) is 3.57 Å². The molecule has 0 aromatic heterocycles. The number of nitrogens with zero attached hydrogens (tertiary/aromatic N) is 1. The number of anilines is 1. The molecule has 0 fully saturated rings. The molecule has 0 radical (unpaired) electrons. The molecule has 0 bridgehead atoms. The lowest BCUT2D eigenvalue weighted by Crippen LogP contribution is -2.08. The molecule has 0 atom stereocenters. The van der Waals surface area contributed by atoms with Crippen molar-refractivity contribution in [1.29, 1.82) is 0 Å². The fraction of sp³-hybridized carbons (Fsp3) is 0.333. The topological polar surface area (TPSA) is 12.5 Å². The van der Waals surface area contributed by atoms with E-state index in [1.165, 1.54) is 5.69 Å². The number of halogens is 1. The summed E-state index contributed by atoms with van der Waals surface area (Å²) in [6.45, 7) is 0. The van der Waals surface area contributed by atoms with Crippen molar-refractivity contribution in [3.8, 4) is 5.75 Å². The zero-order valence-electron chi connectivity index (χ0n) is 7.47. The van der Waals surface area contributed by atoms with Crippen LogP contribution in [0.25, 0.3) is 0 Å². The number of ether oxygens (including phenoxy) is 1. The molecule has 3 heteroatoms. The Bertz CT molecular complexity index is 273. The van der Waals surface area contributed by atoms with Crippen molar-refractivity contribution >= 4 is 28.3 Å². The summed E-state index contributed by atoms with van der Waals surface area (Å²) >= 11 is 2.27. The van der Waals surface area contributed by atoms with Gasteiger partial charge in [-0.05, 0) is 40.8 Å². The van der Waals surface area contributed by atoms with E-state index in [0.717, 1.165) is 9.32 Å². The average Bonchev–Trinajstić information content (AvgIpc) is 2.04. The molecular weight excluding hydrogens is 265 g/mol. The zero-order chi connectivity index (χ0) is 9.14. The second kappa shape index (κ2) is 3.98. The van der Waals surface area contributed by atoms with Crippen LogP contribution in [0.4, 0.5) is 5.69 Å². The maximum atomic E-state index is 5.15. The first kappa shape index (κ1) is 9.64. The molecule has 1 rings (SSSR count). The minimum absolute atomic E-state index is 0.932. The lowest BCUT2D eigenvalue weighted by molar-refractivity contribution is 0.412. The third-order valence-electron chi connectivity index (χ3n) is 1.65. The Morgan fingerprint density at radius 2 is 2.00 bits per heavy atom. The molecule has 12 heavy (non-hydrogen) atoms. The number of hydrogen-bond donors (Lipinski definition) is 0. The van der Waals surface area contributed by atoms with E-state index in [-0.39, 0.29) is 0 Å². The molecule has 2 nitrogen and oxygen atoms in total. The van der Waals surface area contributed by atoms with Crippen LogP contribution in [0.5, 0.6) is 5.75 Å². The number of benzene rings is 1. The summed E-state index contributed by atoms with van der Waals surface area (Å²) in [5.41, 5.74) is 1.19. The van der Waals surface area contributed by atoms with Crippen molar-refractivity contribution in [3.05, 3.63) is 21.8 Å². The van der Waals surface area contributed by atoms with Crippen molar-refractivity contribution in [1.82, 2.24) is 0 Å². The van der Waals surface area contributed by atoms with Gasteiger partial charge in [0.15, 0.2) is 0 Å². The fourth-order valence-corrected chi connectivity index (χ4v) is 1.65. The first-order chi connectivity index (χ1) is 5.65. The molecule has 1 aromatic carbocycles. The van der Waals surface area contributed by atoms with Crippen LogP contribution in [0.2, 0.25) is 0 Å². The number of hydrogen-bond acceptors (Lipinski definition) is 2. The molecular formula is C9H12INO. The molecule has 0 aliphatic rings. The van der Waals surface area contributed by atoms with Gasteiger partial charge in [-0.3, -0.25) is 0 Å². The van der Waals surface area contributed by atoms with Crippen LogP contribution in [-0.4, -0.2) is 21.2 Å². The second-order valence-electron chi connectivity index (χ2n) is 2.71. The average molecular weight is 277 g/mol. The standard InChI is InChI=1S/C9H12INO/c1-11(2)7-4-5-9(12-3)8(10)6-7/h4-6H,1-3H3. The molecule has 0 aliphatic heterocycles. The van der Waals surface area contributed by atoms with E-state index < -0.39 is 0 Å². The summed E-state index contributed by atoms with van der Waals surface area (Å²) in [5.74, 6) is 0.932. The van der Waals surface area contributed by atoms with Crippen LogP contribution >= 0.6 is 22.6 Å².